The molecule has 5 aromatic rings. The van der Waals surface area contributed by atoms with Crippen LogP contribution in [0.25, 0.3) is 22.4 Å². The van der Waals surface area contributed by atoms with Crippen molar-refractivity contribution in [1.82, 2.24) is 4.98 Å². The maximum atomic E-state index is 5.43. The van der Waals surface area contributed by atoms with Crippen LogP contribution in [0.4, 0.5) is 11.4 Å². The minimum Gasteiger partial charge on any atom is -0.382 e. The van der Waals surface area contributed by atoms with Crippen molar-refractivity contribution in [3.63, 3.8) is 0 Å². The van der Waals surface area contributed by atoms with Gasteiger partial charge in [-0.1, -0.05) is 125 Å². The molecule has 0 saturated carbocycles. The summed E-state index contributed by atoms with van der Waals surface area (Å²) in [5, 5.41) is 7.85. The van der Waals surface area contributed by atoms with E-state index in [1.165, 1.54) is 50.3 Å². The Morgan fingerprint density at radius 1 is 0.674 bits per heavy atom. The van der Waals surface area contributed by atoms with E-state index in [-0.39, 0.29) is 6.04 Å². The Balaban J connectivity index is 1.54. The summed E-state index contributed by atoms with van der Waals surface area (Å²) in [7, 11) is 0. The van der Waals surface area contributed by atoms with E-state index in [4.69, 9.17) is 4.98 Å². The predicted octanol–water partition coefficient (Wildman–Crippen LogP) is 10.6. The van der Waals surface area contributed by atoms with Crippen LogP contribution in [0.5, 0.6) is 0 Å². The summed E-state index contributed by atoms with van der Waals surface area (Å²) in [5.74, 6) is 0.767. The largest absolute Gasteiger partial charge is 0.382 e. The minimum atomic E-state index is -0.153. The molecule has 0 aliphatic carbocycles. The van der Waals surface area contributed by atoms with E-state index < -0.39 is 0 Å². The first kappa shape index (κ1) is 28.7. The van der Waals surface area contributed by atoms with Crippen LogP contribution in [0.15, 0.2) is 109 Å². The number of aromatic nitrogens is 1. The van der Waals surface area contributed by atoms with E-state index in [2.05, 4.69) is 154 Å². The van der Waals surface area contributed by atoms with Gasteiger partial charge in [0.05, 0.1) is 17.4 Å². The van der Waals surface area contributed by atoms with Crippen molar-refractivity contribution < 1.29 is 0 Å². The van der Waals surface area contributed by atoms with E-state index in [1.807, 2.05) is 0 Å². The Bertz CT molecular complexity index is 1680. The zero-order valence-electron chi connectivity index (χ0n) is 26.1. The summed E-state index contributed by atoms with van der Waals surface area (Å²) in [6.07, 6.45) is 2.25. The van der Waals surface area contributed by atoms with Crippen LogP contribution < -0.4 is 10.6 Å². The minimum absolute atomic E-state index is 0.153. The van der Waals surface area contributed by atoms with Gasteiger partial charge in [0.2, 0.25) is 0 Å². The van der Waals surface area contributed by atoms with Gasteiger partial charge in [-0.05, 0) is 77.1 Å². The van der Waals surface area contributed by atoms with Gasteiger partial charge >= 0.3 is 0 Å². The lowest BCUT2D eigenvalue weighted by Gasteiger charge is -2.29. The third kappa shape index (κ3) is 5.95. The average molecular weight is 566 g/mol. The first-order chi connectivity index (χ1) is 20.9. The highest BCUT2D eigenvalue weighted by Crippen LogP contribution is 2.40. The second-order valence-electron chi connectivity index (χ2n) is 12.5. The van der Waals surface area contributed by atoms with Crippen LogP contribution in [-0.4, -0.2) is 11.0 Å². The molecule has 1 aliphatic rings. The van der Waals surface area contributed by atoms with Crippen molar-refractivity contribution in [2.24, 2.45) is 0 Å². The van der Waals surface area contributed by atoms with Gasteiger partial charge in [0.1, 0.15) is 0 Å². The molecule has 2 N–H and O–H groups in total. The van der Waals surface area contributed by atoms with Crippen LogP contribution in [0.3, 0.4) is 0 Å². The molecule has 2 heterocycles. The molecule has 0 bridgehead atoms. The normalized spacial score (nSPS) is 15.2. The number of fused-ring (bicyclic) bond motifs is 1. The number of hydrogen-bond acceptors (Lipinski definition) is 3. The molecule has 3 heteroatoms. The molecule has 1 aromatic heterocycles. The van der Waals surface area contributed by atoms with Crippen LogP contribution >= 0.6 is 0 Å². The number of hydrogen-bond donors (Lipinski definition) is 2. The van der Waals surface area contributed by atoms with Gasteiger partial charge in [-0.2, -0.15) is 0 Å². The molecular weight excluding hydrogens is 522 g/mol. The lowest BCUT2D eigenvalue weighted by molar-refractivity contribution is 0.681. The number of aryl methyl sites for hydroxylation is 1. The lowest BCUT2D eigenvalue weighted by atomic mass is 9.89. The Hall–Kier alpha value is -4.37. The molecule has 6 rings (SSSR count). The predicted molar refractivity (Wildman–Crippen MR) is 183 cm³/mol. The van der Waals surface area contributed by atoms with Crippen molar-refractivity contribution in [2.75, 3.05) is 10.6 Å². The third-order valence-corrected chi connectivity index (χ3v) is 8.75. The zero-order valence-corrected chi connectivity index (χ0v) is 26.1. The molecule has 3 nitrogen and oxygen atoms in total. The molecule has 0 spiro atoms. The molecule has 0 saturated heterocycles. The Morgan fingerprint density at radius 3 is 2.05 bits per heavy atom. The second-order valence-corrected chi connectivity index (χ2v) is 12.5. The fraction of sp³-hybridized carbons (Fsp3) is 0.275. The Morgan fingerprint density at radius 2 is 1.30 bits per heavy atom. The van der Waals surface area contributed by atoms with Crippen LogP contribution in [0.1, 0.15) is 86.9 Å². The standard InChI is InChI=1S/C40H43N3/c1-26(2)31-19-12-20-32(27(3)4)39(31)43-40(34-18-10-9-17-33(34)29-14-7-6-8-15-29)37-23-13-22-36(42-37)35-21-11-16-30-25-24-28(5)41-38(30)35/h6-23,26-28,40-41,43H,24-25H2,1-5H3/t28-,40?/m0/s1. The first-order valence-corrected chi connectivity index (χ1v) is 15.8. The molecule has 2 atom stereocenters. The zero-order chi connectivity index (χ0) is 29.9. The topological polar surface area (TPSA) is 37.0 Å². The number of nitrogens with one attached hydrogen (secondary N) is 2. The molecule has 0 amide bonds. The van der Waals surface area contributed by atoms with Gasteiger partial charge in [0.25, 0.3) is 0 Å². The maximum Gasteiger partial charge on any atom is 0.0946 e. The molecule has 1 unspecified atom stereocenters. The average Bonchev–Trinajstić information content (AvgIpc) is 3.03. The lowest BCUT2D eigenvalue weighted by Crippen LogP contribution is -2.22. The number of para-hydroxylation sites is 2. The van der Waals surface area contributed by atoms with Crippen molar-refractivity contribution in [1.29, 1.82) is 0 Å². The molecule has 43 heavy (non-hydrogen) atoms. The number of nitrogens with zero attached hydrogens (tertiary/aromatic N) is 1. The SMILES string of the molecule is CC(C)c1cccc(C(C)C)c1NC(c1cccc(-c2cccc3c2N[C@@H](C)CC3)n1)c1ccccc1-c1ccccc1. The van der Waals surface area contributed by atoms with Crippen molar-refractivity contribution in [2.45, 2.75) is 71.4 Å². The summed E-state index contributed by atoms with van der Waals surface area (Å²) in [5.41, 5.74) is 13.3. The summed E-state index contributed by atoms with van der Waals surface area (Å²) >= 11 is 0. The van der Waals surface area contributed by atoms with E-state index in [0.717, 1.165) is 24.2 Å². The molecule has 218 valence electrons. The van der Waals surface area contributed by atoms with Gasteiger partial charge in [-0.15, -0.1) is 0 Å². The highest BCUT2D eigenvalue weighted by atomic mass is 15.0. The Kier molecular flexibility index (Phi) is 8.33. The number of pyridine rings is 1. The number of rotatable bonds is 8. The van der Waals surface area contributed by atoms with Gasteiger partial charge in [-0.25, -0.2) is 0 Å². The van der Waals surface area contributed by atoms with Gasteiger partial charge in [0, 0.05) is 23.0 Å². The summed E-state index contributed by atoms with van der Waals surface area (Å²) < 4.78 is 0. The highest BCUT2D eigenvalue weighted by Gasteiger charge is 2.25. The first-order valence-electron chi connectivity index (χ1n) is 15.8. The van der Waals surface area contributed by atoms with Gasteiger partial charge in [-0.3, -0.25) is 4.98 Å². The van der Waals surface area contributed by atoms with E-state index in [9.17, 15) is 0 Å². The van der Waals surface area contributed by atoms with E-state index >= 15 is 0 Å². The fourth-order valence-electron chi connectivity index (χ4n) is 6.45. The Labute approximate surface area is 257 Å². The molecule has 1 aliphatic heterocycles. The van der Waals surface area contributed by atoms with E-state index in [1.54, 1.807) is 0 Å². The summed E-state index contributed by atoms with van der Waals surface area (Å²) in [6, 6.07) is 39.7. The van der Waals surface area contributed by atoms with Crippen LogP contribution in [0, 0.1) is 0 Å². The third-order valence-electron chi connectivity index (χ3n) is 8.75. The molecular formula is C40H43N3. The molecule has 0 fully saturated rings. The van der Waals surface area contributed by atoms with Gasteiger partial charge < -0.3 is 10.6 Å². The fourth-order valence-corrected chi connectivity index (χ4v) is 6.45. The van der Waals surface area contributed by atoms with Crippen molar-refractivity contribution >= 4 is 11.4 Å². The number of anilines is 2. The van der Waals surface area contributed by atoms with Gasteiger partial charge in [0.15, 0.2) is 0 Å². The maximum absolute atomic E-state index is 5.43. The number of benzene rings is 4. The monoisotopic (exact) mass is 565 g/mol. The van der Waals surface area contributed by atoms with Crippen LogP contribution in [-0.2, 0) is 6.42 Å². The molecule has 4 aromatic carbocycles. The summed E-state index contributed by atoms with van der Waals surface area (Å²) in [4.78, 5) is 5.43. The molecule has 0 radical (unpaired) electrons. The highest BCUT2D eigenvalue weighted by molar-refractivity contribution is 5.79. The summed E-state index contributed by atoms with van der Waals surface area (Å²) in [6.45, 7) is 11.4. The van der Waals surface area contributed by atoms with Crippen molar-refractivity contribution in [3.8, 4) is 22.4 Å². The second kappa shape index (κ2) is 12.5. The van der Waals surface area contributed by atoms with Crippen molar-refractivity contribution in [3.05, 3.63) is 137 Å². The smallest absolute Gasteiger partial charge is 0.0946 e. The van der Waals surface area contributed by atoms with Crippen LogP contribution in [0.2, 0.25) is 0 Å². The van der Waals surface area contributed by atoms with E-state index in [0.29, 0.717) is 17.9 Å². The quantitative estimate of drug-likeness (QED) is 0.196.